The number of rotatable bonds is 5. The molecule has 0 amide bonds. The fraction of sp³-hybridized carbons (Fsp3) is 0.107. The first-order valence-corrected chi connectivity index (χ1v) is 20.3. The van der Waals surface area contributed by atoms with Crippen LogP contribution in [0.25, 0.3) is 88.0 Å². The van der Waals surface area contributed by atoms with Crippen LogP contribution in [0.1, 0.15) is 37.5 Å². The lowest BCUT2D eigenvalue weighted by Gasteiger charge is -2.30. The molecule has 0 atom stereocenters. The third-order valence-corrected chi connectivity index (χ3v) is 12.4. The Morgan fingerprint density at radius 2 is 1.00 bits per heavy atom. The van der Waals surface area contributed by atoms with Crippen molar-refractivity contribution in [3.05, 3.63) is 187 Å². The fourth-order valence-corrected chi connectivity index (χ4v) is 9.09. The number of aryl methyl sites for hydroxylation is 2. The number of fused-ring (bicyclic) bond motifs is 9. The Kier molecular flexibility index (Phi) is 7.59. The zero-order valence-electron chi connectivity index (χ0n) is 33.5. The van der Waals surface area contributed by atoms with E-state index >= 15 is 0 Å². The van der Waals surface area contributed by atoms with Crippen LogP contribution in [-0.2, 0) is 5.41 Å². The third kappa shape index (κ3) is 5.47. The van der Waals surface area contributed by atoms with Gasteiger partial charge in [0.25, 0.3) is 0 Å². The van der Waals surface area contributed by atoms with Gasteiger partial charge in [-0.05, 0) is 157 Å². The third-order valence-electron chi connectivity index (χ3n) is 12.4. The van der Waals surface area contributed by atoms with E-state index in [1.54, 1.807) is 0 Å². The average molecular weight is 746 g/mol. The van der Waals surface area contributed by atoms with Gasteiger partial charge in [-0.15, -0.1) is 0 Å². The summed E-state index contributed by atoms with van der Waals surface area (Å²) in [5, 5.41) is 7.23. The Bertz CT molecular complexity index is 3270. The molecular formula is C56H43NO. The summed E-state index contributed by atoms with van der Waals surface area (Å²) in [6.07, 6.45) is 0. The Labute approximate surface area is 339 Å². The van der Waals surface area contributed by atoms with E-state index in [-0.39, 0.29) is 5.41 Å². The normalized spacial score (nSPS) is 12.2. The van der Waals surface area contributed by atoms with Crippen LogP contribution in [0.4, 0.5) is 17.1 Å². The van der Waals surface area contributed by atoms with Crippen molar-refractivity contribution in [1.82, 2.24) is 0 Å². The maximum atomic E-state index is 6.76. The van der Waals surface area contributed by atoms with Gasteiger partial charge in [-0.25, -0.2) is 0 Å². The molecule has 11 rings (SSSR count). The maximum absolute atomic E-state index is 6.76. The van der Waals surface area contributed by atoms with Gasteiger partial charge in [0.1, 0.15) is 5.58 Å². The van der Waals surface area contributed by atoms with Crippen LogP contribution in [0.3, 0.4) is 0 Å². The molecule has 1 aliphatic carbocycles. The van der Waals surface area contributed by atoms with E-state index in [1.807, 2.05) is 6.07 Å². The number of hydrogen-bond donors (Lipinski definition) is 0. The minimum atomic E-state index is 0.138. The van der Waals surface area contributed by atoms with Gasteiger partial charge >= 0.3 is 0 Å². The highest BCUT2D eigenvalue weighted by Crippen LogP contribution is 2.52. The van der Waals surface area contributed by atoms with Crippen molar-refractivity contribution in [3.63, 3.8) is 0 Å². The minimum absolute atomic E-state index is 0.138. The van der Waals surface area contributed by atoms with Crippen LogP contribution in [0, 0.1) is 13.8 Å². The van der Waals surface area contributed by atoms with Crippen LogP contribution in [0.15, 0.2) is 174 Å². The lowest BCUT2D eigenvalue weighted by molar-refractivity contribution is 0.590. The molecular weight excluding hydrogens is 703 g/mol. The Balaban J connectivity index is 1.04. The van der Waals surface area contributed by atoms with Crippen molar-refractivity contribution in [1.29, 1.82) is 0 Å². The van der Waals surface area contributed by atoms with Gasteiger partial charge in [0.2, 0.25) is 0 Å². The smallest absolute Gasteiger partial charge is 0.159 e. The Morgan fingerprint density at radius 3 is 1.72 bits per heavy atom. The molecule has 9 aromatic carbocycles. The van der Waals surface area contributed by atoms with Crippen molar-refractivity contribution in [2.75, 3.05) is 4.90 Å². The number of hydrogen-bond acceptors (Lipinski definition) is 2. The van der Waals surface area contributed by atoms with E-state index in [0.29, 0.717) is 0 Å². The van der Waals surface area contributed by atoms with Gasteiger partial charge in [0.05, 0.1) is 5.69 Å². The lowest BCUT2D eigenvalue weighted by atomic mass is 9.77. The van der Waals surface area contributed by atoms with Crippen molar-refractivity contribution in [2.45, 2.75) is 40.0 Å². The fourth-order valence-electron chi connectivity index (χ4n) is 9.09. The van der Waals surface area contributed by atoms with E-state index in [2.05, 4.69) is 203 Å². The molecule has 0 aliphatic heterocycles. The molecule has 0 N–H and O–H groups in total. The van der Waals surface area contributed by atoms with Gasteiger partial charge in [0.15, 0.2) is 5.58 Å². The zero-order valence-corrected chi connectivity index (χ0v) is 33.5. The number of furan rings is 1. The highest BCUT2D eigenvalue weighted by atomic mass is 16.3. The highest BCUT2D eigenvalue weighted by molar-refractivity contribution is 6.14. The second kappa shape index (κ2) is 12.8. The molecule has 0 radical (unpaired) electrons. The number of nitrogens with zero attached hydrogens (tertiary/aromatic N) is 1. The van der Waals surface area contributed by atoms with Gasteiger partial charge in [-0.1, -0.05) is 136 Å². The molecule has 1 aliphatic rings. The lowest BCUT2D eigenvalue weighted by Crippen LogP contribution is -2.13. The standard InChI is InChI=1S/C56H43NO/c1-34-15-17-41(36-11-7-6-8-12-36)33-52(34)57(54-35(2)16-26-47-46-13-9-10-14-53(46)58-55(47)54)45-25-22-40-30-49-50-31-42-27-38(37-20-23-44(24-21-37)56(3,4)5)18-19-39(42)29-48(50)51(49)32-43(40)28-45/h6-33H,1-5H3. The van der Waals surface area contributed by atoms with E-state index in [0.717, 1.165) is 44.6 Å². The molecule has 0 unspecified atom stereocenters. The summed E-state index contributed by atoms with van der Waals surface area (Å²) in [5.74, 6) is 0. The van der Waals surface area contributed by atoms with Crippen LogP contribution < -0.4 is 4.90 Å². The van der Waals surface area contributed by atoms with Crippen LogP contribution in [0.5, 0.6) is 0 Å². The van der Waals surface area contributed by atoms with E-state index in [9.17, 15) is 0 Å². The summed E-state index contributed by atoms with van der Waals surface area (Å²) in [6, 6.07) is 62.7. The number of benzene rings is 9. The molecule has 10 aromatic rings. The first kappa shape index (κ1) is 34.4. The topological polar surface area (TPSA) is 16.4 Å². The predicted octanol–water partition coefficient (Wildman–Crippen LogP) is 16.3. The highest BCUT2D eigenvalue weighted by Gasteiger charge is 2.26. The zero-order chi connectivity index (χ0) is 39.3. The predicted molar refractivity (Wildman–Crippen MR) is 247 cm³/mol. The molecule has 1 aromatic heterocycles. The molecule has 1 heterocycles. The molecule has 0 spiro atoms. The van der Waals surface area contributed by atoms with Crippen LogP contribution >= 0.6 is 0 Å². The van der Waals surface area contributed by atoms with Crippen LogP contribution in [0.2, 0.25) is 0 Å². The molecule has 58 heavy (non-hydrogen) atoms. The maximum Gasteiger partial charge on any atom is 0.159 e. The van der Waals surface area contributed by atoms with Gasteiger partial charge < -0.3 is 9.32 Å². The summed E-state index contributed by atoms with van der Waals surface area (Å²) < 4.78 is 6.76. The van der Waals surface area contributed by atoms with Crippen molar-refractivity contribution >= 4 is 60.5 Å². The first-order valence-electron chi connectivity index (χ1n) is 20.3. The second-order valence-electron chi connectivity index (χ2n) is 17.1. The Hall–Kier alpha value is -6.90. The summed E-state index contributed by atoms with van der Waals surface area (Å²) in [7, 11) is 0. The van der Waals surface area contributed by atoms with Gasteiger partial charge in [0, 0.05) is 22.1 Å². The molecule has 0 fully saturated rings. The van der Waals surface area contributed by atoms with Crippen molar-refractivity contribution in [2.24, 2.45) is 0 Å². The van der Waals surface area contributed by atoms with Gasteiger partial charge in [-0.2, -0.15) is 0 Å². The van der Waals surface area contributed by atoms with Crippen LogP contribution in [-0.4, -0.2) is 0 Å². The van der Waals surface area contributed by atoms with Crippen molar-refractivity contribution < 1.29 is 4.42 Å². The molecule has 2 heteroatoms. The SMILES string of the molecule is Cc1ccc(-c2ccccc2)cc1N(c1ccc2cc3c(cc2c1)-c1cc2ccc(-c4ccc(C(C)(C)C)cc4)cc2cc1-3)c1c(C)ccc2c1oc1ccccc12. The summed E-state index contributed by atoms with van der Waals surface area (Å²) >= 11 is 0. The monoisotopic (exact) mass is 745 g/mol. The summed E-state index contributed by atoms with van der Waals surface area (Å²) in [4.78, 5) is 2.43. The second-order valence-corrected chi connectivity index (χ2v) is 17.1. The van der Waals surface area contributed by atoms with E-state index in [4.69, 9.17) is 4.42 Å². The molecule has 0 saturated carbocycles. The average Bonchev–Trinajstić information content (AvgIpc) is 3.62. The summed E-state index contributed by atoms with van der Waals surface area (Å²) in [6.45, 7) is 11.2. The molecule has 2 nitrogen and oxygen atoms in total. The summed E-state index contributed by atoms with van der Waals surface area (Å²) in [5.41, 5.74) is 19.1. The molecule has 278 valence electrons. The quantitative estimate of drug-likeness (QED) is 0.174. The Morgan fingerprint density at radius 1 is 0.431 bits per heavy atom. The first-order chi connectivity index (χ1) is 28.2. The van der Waals surface area contributed by atoms with E-state index in [1.165, 1.54) is 77.2 Å². The largest absolute Gasteiger partial charge is 0.454 e. The van der Waals surface area contributed by atoms with Gasteiger partial charge in [-0.3, -0.25) is 0 Å². The number of para-hydroxylation sites is 1. The molecule has 0 saturated heterocycles. The minimum Gasteiger partial charge on any atom is -0.454 e. The van der Waals surface area contributed by atoms with E-state index < -0.39 is 0 Å². The van der Waals surface area contributed by atoms with Crippen molar-refractivity contribution in [3.8, 4) is 44.5 Å². The number of anilines is 3. The molecule has 0 bridgehead atoms.